The maximum Gasteiger partial charge on any atom is 0.0209 e. The second kappa shape index (κ2) is 7.92. The summed E-state index contributed by atoms with van der Waals surface area (Å²) in [5.41, 5.74) is 7.65. The van der Waals surface area contributed by atoms with Gasteiger partial charge in [0.25, 0.3) is 0 Å². The van der Waals surface area contributed by atoms with Gasteiger partial charge in [-0.05, 0) is 90.7 Å². The van der Waals surface area contributed by atoms with E-state index >= 15 is 0 Å². The summed E-state index contributed by atoms with van der Waals surface area (Å²) in [5, 5.41) is 0. The highest BCUT2D eigenvalue weighted by Crippen LogP contribution is 2.40. The molecule has 26 heavy (non-hydrogen) atoms. The molecule has 0 spiro atoms. The summed E-state index contributed by atoms with van der Waals surface area (Å²) in [6.07, 6.45) is 0. The Bertz CT molecular complexity index is 980. The zero-order chi connectivity index (χ0) is 17.9. The minimum absolute atomic E-state index is 1.27. The first-order valence-electron chi connectivity index (χ1n) is 8.44. The lowest BCUT2D eigenvalue weighted by molar-refractivity contribution is 1.54. The lowest BCUT2D eigenvalue weighted by atomic mass is 9.89. The van der Waals surface area contributed by atoms with E-state index in [1.807, 2.05) is 0 Å². The molecule has 0 atom stereocenters. The van der Waals surface area contributed by atoms with Gasteiger partial charge >= 0.3 is 0 Å². The third-order valence-electron chi connectivity index (χ3n) is 4.47. The van der Waals surface area contributed by atoms with E-state index in [-0.39, 0.29) is 0 Å². The average molecular weight is 558 g/mol. The van der Waals surface area contributed by atoms with Gasteiger partial charge in [0.2, 0.25) is 0 Å². The quantitative estimate of drug-likeness (QED) is 0.225. The molecule has 0 aliphatic heterocycles. The molecule has 0 amide bonds. The fraction of sp³-hybridized carbons (Fsp3) is 0. The van der Waals surface area contributed by atoms with Crippen molar-refractivity contribution in [2.75, 3.05) is 0 Å². The summed E-state index contributed by atoms with van der Waals surface area (Å²) in [5.74, 6) is 0. The standard InChI is InChI=1S/C24H16I2/c25-23-15-7-5-13-21(23)19-11-3-1-9-17(19)18-10-2-4-12-20(18)22-14-6-8-16-24(22)26/h1-16H. The first-order chi connectivity index (χ1) is 12.8. The molecule has 0 bridgehead atoms. The van der Waals surface area contributed by atoms with Crippen LogP contribution in [0, 0.1) is 7.14 Å². The van der Waals surface area contributed by atoms with E-state index in [0.717, 1.165) is 0 Å². The molecule has 0 unspecified atom stereocenters. The highest BCUT2D eigenvalue weighted by molar-refractivity contribution is 14.1. The smallest absolute Gasteiger partial charge is 0.0209 e. The summed E-state index contributed by atoms with van der Waals surface area (Å²) >= 11 is 4.85. The molecule has 2 heteroatoms. The molecule has 4 aromatic carbocycles. The topological polar surface area (TPSA) is 0 Å². The summed E-state index contributed by atoms with van der Waals surface area (Å²) in [7, 11) is 0. The zero-order valence-corrected chi connectivity index (χ0v) is 18.3. The van der Waals surface area contributed by atoms with Crippen LogP contribution < -0.4 is 0 Å². The van der Waals surface area contributed by atoms with Crippen molar-refractivity contribution in [1.29, 1.82) is 0 Å². The van der Waals surface area contributed by atoms with Gasteiger partial charge in [0, 0.05) is 7.14 Å². The van der Waals surface area contributed by atoms with E-state index in [9.17, 15) is 0 Å². The van der Waals surface area contributed by atoms with Crippen LogP contribution in [0.2, 0.25) is 0 Å². The number of hydrogen-bond donors (Lipinski definition) is 0. The van der Waals surface area contributed by atoms with Crippen LogP contribution in [-0.4, -0.2) is 0 Å². The van der Waals surface area contributed by atoms with E-state index in [1.54, 1.807) is 0 Å². The van der Waals surface area contributed by atoms with Gasteiger partial charge in [-0.25, -0.2) is 0 Å². The zero-order valence-electron chi connectivity index (χ0n) is 14.0. The van der Waals surface area contributed by atoms with Gasteiger partial charge in [0.05, 0.1) is 0 Å². The molecule has 4 aromatic rings. The summed E-state index contributed by atoms with van der Waals surface area (Å²) < 4.78 is 2.54. The number of benzene rings is 4. The Morgan fingerprint density at radius 1 is 0.308 bits per heavy atom. The van der Waals surface area contributed by atoms with E-state index in [1.165, 1.54) is 40.5 Å². The molecular weight excluding hydrogens is 542 g/mol. The average Bonchev–Trinajstić information content (AvgIpc) is 2.69. The van der Waals surface area contributed by atoms with Gasteiger partial charge < -0.3 is 0 Å². The molecule has 126 valence electrons. The third-order valence-corrected chi connectivity index (χ3v) is 6.35. The predicted octanol–water partition coefficient (Wildman–Crippen LogP) is 7.90. The van der Waals surface area contributed by atoms with E-state index < -0.39 is 0 Å². The van der Waals surface area contributed by atoms with Crippen LogP contribution in [0.3, 0.4) is 0 Å². The van der Waals surface area contributed by atoms with Crippen LogP contribution in [0.4, 0.5) is 0 Å². The predicted molar refractivity (Wildman–Crippen MR) is 128 cm³/mol. The monoisotopic (exact) mass is 558 g/mol. The number of halogens is 2. The molecule has 0 aliphatic rings. The van der Waals surface area contributed by atoms with Crippen LogP contribution in [0.25, 0.3) is 33.4 Å². The molecule has 0 saturated carbocycles. The second-order valence-electron chi connectivity index (χ2n) is 6.05. The van der Waals surface area contributed by atoms with Gasteiger partial charge in [-0.1, -0.05) is 84.9 Å². The fourth-order valence-electron chi connectivity index (χ4n) is 3.26. The molecule has 0 nitrogen and oxygen atoms in total. The van der Waals surface area contributed by atoms with Crippen molar-refractivity contribution in [3.8, 4) is 33.4 Å². The molecule has 0 aliphatic carbocycles. The van der Waals surface area contributed by atoms with Gasteiger partial charge in [0.1, 0.15) is 0 Å². The van der Waals surface area contributed by atoms with E-state index in [0.29, 0.717) is 0 Å². The van der Waals surface area contributed by atoms with Gasteiger partial charge in [-0.2, -0.15) is 0 Å². The SMILES string of the molecule is Ic1ccccc1-c1ccccc1-c1ccccc1-c1ccccc1I. The van der Waals surface area contributed by atoms with Crippen LogP contribution in [0.5, 0.6) is 0 Å². The van der Waals surface area contributed by atoms with Crippen LogP contribution in [-0.2, 0) is 0 Å². The molecule has 0 radical (unpaired) electrons. The largest absolute Gasteiger partial charge is 0.0616 e. The summed E-state index contributed by atoms with van der Waals surface area (Å²) in [6, 6.07) is 34.5. The Kier molecular flexibility index (Phi) is 5.41. The normalized spacial score (nSPS) is 10.7. The molecule has 0 fully saturated rings. The van der Waals surface area contributed by atoms with Gasteiger partial charge in [-0.3, -0.25) is 0 Å². The van der Waals surface area contributed by atoms with Crippen molar-refractivity contribution in [3.63, 3.8) is 0 Å². The van der Waals surface area contributed by atoms with Crippen molar-refractivity contribution >= 4 is 45.2 Å². The Balaban J connectivity index is 1.97. The van der Waals surface area contributed by atoms with Crippen molar-refractivity contribution in [1.82, 2.24) is 0 Å². The lowest BCUT2D eigenvalue weighted by Gasteiger charge is -2.16. The minimum Gasteiger partial charge on any atom is -0.0616 e. The molecule has 0 aromatic heterocycles. The first kappa shape index (κ1) is 17.7. The Hall–Kier alpha value is -1.66. The first-order valence-corrected chi connectivity index (χ1v) is 10.6. The minimum atomic E-state index is 1.27. The molecule has 0 saturated heterocycles. The van der Waals surface area contributed by atoms with Gasteiger partial charge in [-0.15, -0.1) is 0 Å². The number of rotatable bonds is 3. The highest BCUT2D eigenvalue weighted by Gasteiger charge is 2.14. The van der Waals surface area contributed by atoms with E-state index in [2.05, 4.69) is 142 Å². The van der Waals surface area contributed by atoms with Crippen molar-refractivity contribution < 1.29 is 0 Å². The third kappa shape index (κ3) is 3.45. The molecule has 4 rings (SSSR count). The second-order valence-corrected chi connectivity index (χ2v) is 8.38. The molecule has 0 N–H and O–H groups in total. The van der Waals surface area contributed by atoms with Crippen LogP contribution >= 0.6 is 45.2 Å². The fourth-order valence-corrected chi connectivity index (χ4v) is 4.62. The maximum atomic E-state index is 2.42. The van der Waals surface area contributed by atoms with Gasteiger partial charge in [0.15, 0.2) is 0 Å². The van der Waals surface area contributed by atoms with Crippen molar-refractivity contribution in [2.45, 2.75) is 0 Å². The van der Waals surface area contributed by atoms with Crippen LogP contribution in [0.15, 0.2) is 97.1 Å². The van der Waals surface area contributed by atoms with Crippen molar-refractivity contribution in [3.05, 3.63) is 104 Å². The lowest BCUT2D eigenvalue weighted by Crippen LogP contribution is -1.91. The molecular formula is C24H16I2. The Morgan fingerprint density at radius 2 is 0.538 bits per heavy atom. The number of hydrogen-bond acceptors (Lipinski definition) is 0. The Morgan fingerprint density at radius 3 is 0.846 bits per heavy atom. The molecule has 0 heterocycles. The van der Waals surface area contributed by atoms with Crippen molar-refractivity contribution in [2.24, 2.45) is 0 Å². The highest BCUT2D eigenvalue weighted by atomic mass is 127. The maximum absolute atomic E-state index is 2.42. The summed E-state index contributed by atoms with van der Waals surface area (Å²) in [6.45, 7) is 0. The Labute approximate surface area is 181 Å². The summed E-state index contributed by atoms with van der Waals surface area (Å²) in [4.78, 5) is 0. The van der Waals surface area contributed by atoms with E-state index in [4.69, 9.17) is 0 Å². The van der Waals surface area contributed by atoms with Crippen LogP contribution in [0.1, 0.15) is 0 Å².